The van der Waals surface area contributed by atoms with Crippen molar-refractivity contribution in [3.63, 3.8) is 0 Å². The maximum absolute atomic E-state index is 12.3. The maximum atomic E-state index is 12.3. The molecular formula is C12H14ClIN2O. The molecule has 17 heavy (non-hydrogen) atoms. The van der Waals surface area contributed by atoms with Gasteiger partial charge in [-0.25, -0.2) is 0 Å². The number of benzene rings is 1. The van der Waals surface area contributed by atoms with E-state index in [1.165, 1.54) is 0 Å². The van der Waals surface area contributed by atoms with Crippen molar-refractivity contribution in [1.29, 1.82) is 0 Å². The predicted molar refractivity (Wildman–Crippen MR) is 77.5 cm³/mol. The Hall–Kier alpha value is -0.330. The van der Waals surface area contributed by atoms with Gasteiger partial charge in [0.05, 0.1) is 10.6 Å². The first-order chi connectivity index (χ1) is 8.08. The van der Waals surface area contributed by atoms with Gasteiger partial charge in [0.25, 0.3) is 5.91 Å². The smallest absolute Gasteiger partial charge is 0.255 e. The summed E-state index contributed by atoms with van der Waals surface area (Å²) in [5.41, 5.74) is 0.598. The molecule has 1 atom stereocenters. The van der Waals surface area contributed by atoms with Crippen LogP contribution in [0.3, 0.4) is 0 Å². The van der Waals surface area contributed by atoms with Crippen LogP contribution in [-0.2, 0) is 0 Å². The standard InChI is InChI=1S/C12H14ClIN2O/c1-8-7-16(5-4-15-8)12(17)10-3-2-9(14)6-11(10)13/h2-3,6,8,15H,4-5,7H2,1H3. The van der Waals surface area contributed by atoms with Gasteiger partial charge < -0.3 is 10.2 Å². The summed E-state index contributed by atoms with van der Waals surface area (Å²) >= 11 is 8.30. The highest BCUT2D eigenvalue weighted by Gasteiger charge is 2.23. The molecule has 0 spiro atoms. The average Bonchev–Trinajstić information content (AvgIpc) is 2.28. The monoisotopic (exact) mass is 364 g/mol. The van der Waals surface area contributed by atoms with Crippen LogP contribution in [0.25, 0.3) is 0 Å². The van der Waals surface area contributed by atoms with E-state index in [1.54, 1.807) is 6.07 Å². The number of rotatable bonds is 1. The SMILES string of the molecule is CC1CN(C(=O)c2ccc(I)cc2Cl)CCN1. The first kappa shape index (κ1) is 13.1. The summed E-state index contributed by atoms with van der Waals surface area (Å²) < 4.78 is 1.04. The van der Waals surface area contributed by atoms with Gasteiger partial charge in [-0.2, -0.15) is 0 Å². The molecule has 2 rings (SSSR count). The van der Waals surface area contributed by atoms with Crippen molar-refractivity contribution < 1.29 is 4.79 Å². The molecule has 92 valence electrons. The molecule has 0 aromatic heterocycles. The Bertz CT molecular complexity index is 439. The lowest BCUT2D eigenvalue weighted by Gasteiger charge is -2.32. The second-order valence-electron chi connectivity index (χ2n) is 4.23. The van der Waals surface area contributed by atoms with E-state index in [0.29, 0.717) is 16.6 Å². The molecule has 1 aromatic rings. The highest BCUT2D eigenvalue weighted by atomic mass is 127. The molecule has 0 radical (unpaired) electrons. The lowest BCUT2D eigenvalue weighted by atomic mass is 10.1. The summed E-state index contributed by atoms with van der Waals surface area (Å²) in [5.74, 6) is 0.0275. The third kappa shape index (κ3) is 3.11. The van der Waals surface area contributed by atoms with Crippen molar-refractivity contribution in [3.05, 3.63) is 32.4 Å². The van der Waals surface area contributed by atoms with Crippen molar-refractivity contribution in [2.75, 3.05) is 19.6 Å². The quantitative estimate of drug-likeness (QED) is 0.776. The van der Waals surface area contributed by atoms with Gasteiger partial charge in [0.15, 0.2) is 0 Å². The summed E-state index contributed by atoms with van der Waals surface area (Å²) in [6.07, 6.45) is 0. The van der Waals surface area contributed by atoms with E-state index in [4.69, 9.17) is 11.6 Å². The number of carbonyl (C=O) groups is 1. The number of nitrogens with zero attached hydrogens (tertiary/aromatic N) is 1. The summed E-state index contributed by atoms with van der Waals surface area (Å²) in [4.78, 5) is 14.1. The zero-order valence-electron chi connectivity index (χ0n) is 9.54. The van der Waals surface area contributed by atoms with Crippen molar-refractivity contribution in [2.45, 2.75) is 13.0 Å². The fourth-order valence-corrected chi connectivity index (χ4v) is 2.89. The third-order valence-electron chi connectivity index (χ3n) is 2.82. The Morgan fingerprint density at radius 2 is 2.35 bits per heavy atom. The number of hydrogen-bond acceptors (Lipinski definition) is 2. The molecule has 1 aliphatic rings. The van der Waals surface area contributed by atoms with Crippen LogP contribution in [0, 0.1) is 3.57 Å². The number of carbonyl (C=O) groups excluding carboxylic acids is 1. The summed E-state index contributed by atoms with van der Waals surface area (Å²) in [6.45, 7) is 4.40. The van der Waals surface area contributed by atoms with Crippen molar-refractivity contribution >= 4 is 40.1 Å². The van der Waals surface area contributed by atoms with E-state index in [-0.39, 0.29) is 5.91 Å². The summed E-state index contributed by atoms with van der Waals surface area (Å²) in [6, 6.07) is 5.88. The minimum atomic E-state index is 0.0275. The number of piperazine rings is 1. The molecule has 0 aliphatic carbocycles. The summed E-state index contributed by atoms with van der Waals surface area (Å²) in [5, 5.41) is 3.85. The van der Waals surface area contributed by atoms with Crippen molar-refractivity contribution in [3.8, 4) is 0 Å². The zero-order chi connectivity index (χ0) is 12.4. The van der Waals surface area contributed by atoms with E-state index in [1.807, 2.05) is 17.0 Å². The lowest BCUT2D eigenvalue weighted by molar-refractivity contribution is 0.0709. The highest BCUT2D eigenvalue weighted by Crippen LogP contribution is 2.21. The van der Waals surface area contributed by atoms with Gasteiger partial charge in [-0.3, -0.25) is 4.79 Å². The Labute approximate surface area is 120 Å². The Kier molecular flexibility index (Phi) is 4.27. The van der Waals surface area contributed by atoms with Gasteiger partial charge >= 0.3 is 0 Å². The van der Waals surface area contributed by atoms with E-state index >= 15 is 0 Å². The highest BCUT2D eigenvalue weighted by molar-refractivity contribution is 14.1. The second kappa shape index (κ2) is 5.54. The molecule has 1 N–H and O–H groups in total. The zero-order valence-corrected chi connectivity index (χ0v) is 12.5. The normalized spacial score (nSPS) is 20.4. The average molecular weight is 365 g/mol. The van der Waals surface area contributed by atoms with E-state index < -0.39 is 0 Å². The molecule has 1 heterocycles. The van der Waals surface area contributed by atoms with Crippen LogP contribution in [0.4, 0.5) is 0 Å². The van der Waals surface area contributed by atoms with Crippen molar-refractivity contribution in [1.82, 2.24) is 10.2 Å². The minimum Gasteiger partial charge on any atom is -0.336 e. The Morgan fingerprint density at radius 1 is 1.59 bits per heavy atom. The molecule has 1 amide bonds. The molecule has 0 bridgehead atoms. The molecule has 1 fully saturated rings. The van der Waals surface area contributed by atoms with Crippen LogP contribution in [0.1, 0.15) is 17.3 Å². The topological polar surface area (TPSA) is 32.3 Å². The fourth-order valence-electron chi connectivity index (χ4n) is 1.95. The molecule has 1 saturated heterocycles. The van der Waals surface area contributed by atoms with Gasteiger partial charge in [-0.15, -0.1) is 0 Å². The van der Waals surface area contributed by atoms with Crippen LogP contribution in [0.2, 0.25) is 5.02 Å². The molecule has 1 aromatic carbocycles. The van der Waals surface area contributed by atoms with E-state index in [9.17, 15) is 4.79 Å². The second-order valence-corrected chi connectivity index (χ2v) is 5.88. The number of amides is 1. The van der Waals surface area contributed by atoms with E-state index in [2.05, 4.69) is 34.8 Å². The minimum absolute atomic E-state index is 0.0275. The third-order valence-corrected chi connectivity index (χ3v) is 3.80. The van der Waals surface area contributed by atoms with E-state index in [0.717, 1.165) is 23.2 Å². The van der Waals surface area contributed by atoms with Crippen molar-refractivity contribution in [2.24, 2.45) is 0 Å². The first-order valence-electron chi connectivity index (χ1n) is 5.55. The largest absolute Gasteiger partial charge is 0.336 e. The molecule has 3 nitrogen and oxygen atoms in total. The Morgan fingerprint density at radius 3 is 3.00 bits per heavy atom. The van der Waals surface area contributed by atoms with Crippen LogP contribution < -0.4 is 5.32 Å². The molecule has 1 unspecified atom stereocenters. The first-order valence-corrected chi connectivity index (χ1v) is 7.01. The lowest BCUT2D eigenvalue weighted by Crippen LogP contribution is -2.51. The van der Waals surface area contributed by atoms with Crippen LogP contribution in [0.15, 0.2) is 18.2 Å². The van der Waals surface area contributed by atoms with Crippen LogP contribution >= 0.6 is 34.2 Å². The number of halogens is 2. The maximum Gasteiger partial charge on any atom is 0.255 e. The fraction of sp³-hybridized carbons (Fsp3) is 0.417. The van der Waals surface area contributed by atoms with Crippen LogP contribution in [-0.4, -0.2) is 36.5 Å². The van der Waals surface area contributed by atoms with Gasteiger partial charge in [0.1, 0.15) is 0 Å². The van der Waals surface area contributed by atoms with Gasteiger partial charge in [0.2, 0.25) is 0 Å². The number of nitrogens with one attached hydrogen (secondary N) is 1. The Balaban J connectivity index is 2.18. The summed E-state index contributed by atoms with van der Waals surface area (Å²) in [7, 11) is 0. The molecular weight excluding hydrogens is 351 g/mol. The number of hydrogen-bond donors (Lipinski definition) is 1. The van der Waals surface area contributed by atoms with Gasteiger partial charge in [0, 0.05) is 29.2 Å². The molecule has 1 aliphatic heterocycles. The van der Waals surface area contributed by atoms with Gasteiger partial charge in [-0.05, 0) is 47.7 Å². The molecule has 5 heteroatoms. The van der Waals surface area contributed by atoms with Gasteiger partial charge in [-0.1, -0.05) is 11.6 Å². The predicted octanol–water partition coefficient (Wildman–Crippen LogP) is 2.38. The molecule has 0 saturated carbocycles. The van der Waals surface area contributed by atoms with Crippen LogP contribution in [0.5, 0.6) is 0 Å².